The van der Waals surface area contributed by atoms with Crippen molar-refractivity contribution in [3.8, 4) is 12.3 Å². The Labute approximate surface area is 191 Å². The second-order valence-electron chi connectivity index (χ2n) is 7.46. The predicted octanol–water partition coefficient (Wildman–Crippen LogP) is -0.402. The molecule has 2 N–H and O–H groups in total. The van der Waals surface area contributed by atoms with Crippen molar-refractivity contribution in [2.24, 2.45) is 0 Å². The van der Waals surface area contributed by atoms with Crippen molar-refractivity contribution >= 4 is 35.0 Å². The van der Waals surface area contributed by atoms with Crippen molar-refractivity contribution in [1.82, 2.24) is 19.1 Å². The number of rotatable bonds is 7. The van der Waals surface area contributed by atoms with E-state index in [9.17, 15) is 28.4 Å². The third kappa shape index (κ3) is 4.84. The number of nitrogens with one attached hydrogen (secondary N) is 2. The third-order valence-electron chi connectivity index (χ3n) is 4.91. The number of imidazole rings is 1. The molecule has 0 spiro atoms. The van der Waals surface area contributed by atoms with Gasteiger partial charge in [0.15, 0.2) is 23.5 Å². The fourth-order valence-electron chi connectivity index (χ4n) is 3.75. The highest BCUT2D eigenvalue weighted by molar-refractivity contribution is 5.87. The number of alkyl halides is 1. The molecule has 0 bridgehead atoms. The van der Waals surface area contributed by atoms with Crippen molar-refractivity contribution in [3.63, 3.8) is 0 Å². The minimum atomic E-state index is -1.37. The standard InChI is InChI=1S/C20H22FN5O8/c1-5-6-25-15-16(23-19(22-9(2)27)24-17(15)30)26(20(25)31)18-13(32-10(3)28)7-12(34-18)14(8-21)33-11(4)29/h1,12-14,18H,6-8H2,2-4H3,(H2,22,23,24,27,30)/t12-,13+,14-,18+/m0/s1. The summed E-state index contributed by atoms with van der Waals surface area (Å²) in [6.07, 6.45) is 0.316. The Hall–Kier alpha value is -3.99. The molecule has 1 saturated heterocycles. The summed E-state index contributed by atoms with van der Waals surface area (Å²) in [5, 5.41) is 2.31. The highest BCUT2D eigenvalue weighted by Crippen LogP contribution is 2.34. The minimum Gasteiger partial charge on any atom is -0.458 e. The van der Waals surface area contributed by atoms with E-state index in [4.69, 9.17) is 20.6 Å². The molecule has 182 valence electrons. The molecule has 1 amide bonds. The molecule has 0 unspecified atom stereocenters. The Morgan fingerprint density at radius 2 is 2.03 bits per heavy atom. The number of H-pyrrole nitrogens is 1. The summed E-state index contributed by atoms with van der Waals surface area (Å²) in [5.41, 5.74) is -2.04. The van der Waals surface area contributed by atoms with Crippen LogP contribution in [0.2, 0.25) is 0 Å². The first-order valence-corrected chi connectivity index (χ1v) is 10.1. The van der Waals surface area contributed by atoms with Crippen molar-refractivity contribution in [2.45, 2.75) is 58.3 Å². The number of terminal acetylenes is 1. The van der Waals surface area contributed by atoms with E-state index >= 15 is 0 Å². The molecule has 3 rings (SSSR count). The maximum absolute atomic E-state index is 13.6. The van der Waals surface area contributed by atoms with E-state index in [-0.39, 0.29) is 30.1 Å². The van der Waals surface area contributed by atoms with E-state index in [1.807, 2.05) is 0 Å². The molecule has 4 atom stereocenters. The Bertz CT molecular complexity index is 1290. The monoisotopic (exact) mass is 479 g/mol. The zero-order valence-electron chi connectivity index (χ0n) is 18.5. The molecule has 1 aliphatic heterocycles. The second-order valence-corrected chi connectivity index (χ2v) is 7.46. The van der Waals surface area contributed by atoms with Gasteiger partial charge in [0.05, 0.1) is 6.54 Å². The summed E-state index contributed by atoms with van der Waals surface area (Å²) >= 11 is 0. The molecular formula is C20H22FN5O8. The van der Waals surface area contributed by atoms with Gasteiger partial charge < -0.3 is 14.2 Å². The van der Waals surface area contributed by atoms with Crippen LogP contribution in [-0.2, 0) is 35.1 Å². The van der Waals surface area contributed by atoms with E-state index < -0.39 is 60.3 Å². The van der Waals surface area contributed by atoms with Crippen LogP contribution in [0.3, 0.4) is 0 Å². The van der Waals surface area contributed by atoms with Gasteiger partial charge in [-0.2, -0.15) is 4.98 Å². The molecule has 0 aromatic carbocycles. The zero-order chi connectivity index (χ0) is 25.2. The molecule has 14 heteroatoms. The first kappa shape index (κ1) is 24.6. The summed E-state index contributed by atoms with van der Waals surface area (Å²) < 4.78 is 31.5. The lowest BCUT2D eigenvalue weighted by Crippen LogP contribution is -2.34. The van der Waals surface area contributed by atoms with Gasteiger partial charge in [0.2, 0.25) is 11.9 Å². The Kier molecular flexibility index (Phi) is 7.16. The van der Waals surface area contributed by atoms with E-state index in [0.29, 0.717) is 0 Å². The Balaban J connectivity index is 2.20. The fraction of sp³-hybridized carbons (Fsp3) is 0.500. The van der Waals surface area contributed by atoms with Crippen LogP contribution in [0.25, 0.3) is 11.2 Å². The number of carbonyl (C=O) groups excluding carboxylic acids is 3. The number of aromatic amines is 1. The van der Waals surface area contributed by atoms with Crippen LogP contribution in [0.15, 0.2) is 9.59 Å². The summed E-state index contributed by atoms with van der Waals surface area (Å²) in [7, 11) is 0. The molecule has 0 radical (unpaired) electrons. The molecule has 34 heavy (non-hydrogen) atoms. The van der Waals surface area contributed by atoms with Crippen molar-refractivity contribution in [1.29, 1.82) is 0 Å². The van der Waals surface area contributed by atoms with Gasteiger partial charge in [-0.05, 0) is 0 Å². The average Bonchev–Trinajstić information content (AvgIpc) is 3.24. The highest BCUT2D eigenvalue weighted by Gasteiger charge is 2.45. The van der Waals surface area contributed by atoms with Crippen molar-refractivity contribution < 1.29 is 33.0 Å². The SMILES string of the molecule is C#CCn1c(=O)n([C@@H]2O[C@H]([C@H](CF)OC(C)=O)C[C@H]2OC(C)=O)c2nc(NC(C)=O)[nH]c(=O)c21. The number of carbonyl (C=O) groups is 3. The van der Waals surface area contributed by atoms with E-state index in [2.05, 4.69) is 21.2 Å². The van der Waals surface area contributed by atoms with Crippen LogP contribution in [-0.4, -0.2) is 61.9 Å². The fourth-order valence-corrected chi connectivity index (χ4v) is 3.75. The number of hydrogen-bond donors (Lipinski definition) is 2. The zero-order valence-corrected chi connectivity index (χ0v) is 18.5. The van der Waals surface area contributed by atoms with E-state index in [0.717, 1.165) is 23.0 Å². The van der Waals surface area contributed by atoms with E-state index in [1.54, 1.807) is 0 Å². The molecule has 1 aliphatic rings. The number of esters is 2. The molecule has 3 heterocycles. The molecule has 2 aromatic heterocycles. The van der Waals surface area contributed by atoms with Crippen LogP contribution >= 0.6 is 0 Å². The van der Waals surface area contributed by atoms with Crippen molar-refractivity contribution in [3.05, 3.63) is 20.8 Å². The van der Waals surface area contributed by atoms with Gasteiger partial charge in [-0.3, -0.25) is 34.0 Å². The van der Waals surface area contributed by atoms with Gasteiger partial charge in [-0.15, -0.1) is 6.42 Å². The maximum Gasteiger partial charge on any atom is 0.333 e. The number of fused-ring (bicyclic) bond motifs is 1. The first-order valence-electron chi connectivity index (χ1n) is 10.1. The van der Waals surface area contributed by atoms with Gasteiger partial charge in [0.25, 0.3) is 5.56 Å². The summed E-state index contributed by atoms with van der Waals surface area (Å²) in [5.74, 6) is -0.000139. The van der Waals surface area contributed by atoms with Gasteiger partial charge >= 0.3 is 17.6 Å². The molecular weight excluding hydrogens is 457 g/mol. The van der Waals surface area contributed by atoms with Crippen LogP contribution in [0.5, 0.6) is 0 Å². The molecule has 0 saturated carbocycles. The first-order chi connectivity index (χ1) is 16.1. The lowest BCUT2D eigenvalue weighted by atomic mass is 10.1. The number of anilines is 1. The van der Waals surface area contributed by atoms with Crippen LogP contribution in [0.1, 0.15) is 33.4 Å². The van der Waals surface area contributed by atoms with E-state index in [1.165, 1.54) is 6.92 Å². The summed E-state index contributed by atoms with van der Waals surface area (Å²) in [6, 6.07) is 0. The largest absolute Gasteiger partial charge is 0.458 e. The molecule has 1 fully saturated rings. The van der Waals surface area contributed by atoms with Crippen LogP contribution in [0.4, 0.5) is 10.3 Å². The lowest BCUT2D eigenvalue weighted by Gasteiger charge is -2.21. The van der Waals surface area contributed by atoms with Crippen molar-refractivity contribution in [2.75, 3.05) is 12.0 Å². The normalized spacial score (nSPS) is 20.5. The number of ether oxygens (including phenoxy) is 3. The second kappa shape index (κ2) is 9.87. The van der Waals surface area contributed by atoms with Gasteiger partial charge in [-0.1, -0.05) is 5.92 Å². The molecule has 13 nitrogen and oxygen atoms in total. The Morgan fingerprint density at radius 1 is 1.32 bits per heavy atom. The number of hydrogen-bond acceptors (Lipinski definition) is 9. The average molecular weight is 479 g/mol. The predicted molar refractivity (Wildman–Crippen MR) is 113 cm³/mol. The smallest absolute Gasteiger partial charge is 0.333 e. The maximum atomic E-state index is 13.6. The number of halogens is 1. The number of amides is 1. The molecule has 0 aliphatic carbocycles. The minimum absolute atomic E-state index is 0.123. The van der Waals surface area contributed by atoms with Crippen LogP contribution in [0, 0.1) is 12.3 Å². The van der Waals surface area contributed by atoms with Gasteiger partial charge in [0, 0.05) is 27.2 Å². The topological polar surface area (TPSA) is 164 Å². The number of nitrogens with zero attached hydrogens (tertiary/aromatic N) is 3. The molecule has 2 aromatic rings. The summed E-state index contributed by atoms with van der Waals surface area (Å²) in [4.78, 5) is 67.0. The third-order valence-corrected chi connectivity index (χ3v) is 4.91. The summed E-state index contributed by atoms with van der Waals surface area (Å²) in [6.45, 7) is 2.01. The Morgan fingerprint density at radius 3 is 2.59 bits per heavy atom. The van der Waals surface area contributed by atoms with Crippen LogP contribution < -0.4 is 16.6 Å². The lowest BCUT2D eigenvalue weighted by molar-refractivity contribution is -0.159. The highest BCUT2D eigenvalue weighted by atomic mass is 19.1. The number of aromatic nitrogens is 4. The quantitative estimate of drug-likeness (QED) is 0.397. The van der Waals surface area contributed by atoms with Gasteiger partial charge in [0.1, 0.15) is 18.9 Å². The van der Waals surface area contributed by atoms with Gasteiger partial charge in [-0.25, -0.2) is 13.8 Å².